The highest BCUT2D eigenvalue weighted by atomic mass is 19.3. The maximum absolute atomic E-state index is 13.0. The van der Waals surface area contributed by atoms with Gasteiger partial charge in [0.15, 0.2) is 0 Å². The lowest BCUT2D eigenvalue weighted by Gasteiger charge is -2.02. The fourth-order valence-electron chi connectivity index (χ4n) is 1.06. The summed E-state index contributed by atoms with van der Waals surface area (Å²) < 4.78 is 37.8. The molecule has 0 aliphatic rings. The highest BCUT2D eigenvalue weighted by Gasteiger charge is 2.27. The monoisotopic (exact) mass is 231 g/mol. The number of pyridine rings is 1. The molecule has 0 saturated carbocycles. The quantitative estimate of drug-likeness (QED) is 0.453. The van der Waals surface area contributed by atoms with Crippen molar-refractivity contribution < 1.29 is 18.1 Å². The molecule has 84 valence electrons. The standard InChI is InChI=1S/C8H4F3N3O2/c9-6(10)5-3-4(1-2-12)7(11)13-8(5)14(15)16/h3,6H,1H2. The fraction of sp³-hybridized carbons (Fsp3) is 0.250. The van der Waals surface area contributed by atoms with Crippen LogP contribution >= 0.6 is 0 Å². The van der Waals surface area contributed by atoms with Gasteiger partial charge >= 0.3 is 11.8 Å². The topological polar surface area (TPSA) is 79.8 Å². The Balaban J connectivity index is 3.38. The first-order chi connectivity index (χ1) is 7.47. The SMILES string of the molecule is N#CCc1cc(C(F)F)c([N+](=O)[O-])nc1F. The van der Waals surface area contributed by atoms with Crippen molar-refractivity contribution in [3.8, 4) is 6.07 Å². The van der Waals surface area contributed by atoms with Crippen LogP contribution in [0.5, 0.6) is 0 Å². The second-order valence-corrected chi connectivity index (χ2v) is 2.74. The molecule has 0 amide bonds. The van der Waals surface area contributed by atoms with Crippen LogP contribution in [0.15, 0.2) is 6.07 Å². The number of nitro groups is 1. The van der Waals surface area contributed by atoms with Gasteiger partial charge in [-0.15, -0.1) is 0 Å². The molecule has 0 bridgehead atoms. The zero-order chi connectivity index (χ0) is 12.3. The molecule has 0 saturated heterocycles. The second-order valence-electron chi connectivity index (χ2n) is 2.74. The number of rotatable bonds is 3. The van der Waals surface area contributed by atoms with Crippen LogP contribution in [0.4, 0.5) is 19.0 Å². The summed E-state index contributed by atoms with van der Waals surface area (Å²) in [5, 5.41) is 18.6. The van der Waals surface area contributed by atoms with Crippen LogP contribution in [0.1, 0.15) is 17.6 Å². The first-order valence-electron chi connectivity index (χ1n) is 3.96. The van der Waals surface area contributed by atoms with Gasteiger partial charge in [0, 0.05) is 5.56 Å². The van der Waals surface area contributed by atoms with Gasteiger partial charge in [0.25, 0.3) is 6.43 Å². The van der Waals surface area contributed by atoms with Crippen molar-refractivity contribution in [2.45, 2.75) is 12.8 Å². The van der Waals surface area contributed by atoms with E-state index in [0.717, 1.165) is 0 Å². The normalized spacial score (nSPS) is 10.2. The van der Waals surface area contributed by atoms with Gasteiger partial charge < -0.3 is 10.1 Å². The average molecular weight is 231 g/mol. The Hall–Kier alpha value is -2.17. The van der Waals surface area contributed by atoms with Gasteiger partial charge in [-0.25, -0.2) is 8.78 Å². The molecule has 0 spiro atoms. The van der Waals surface area contributed by atoms with E-state index in [0.29, 0.717) is 6.07 Å². The molecular formula is C8H4F3N3O2. The molecule has 0 aliphatic heterocycles. The molecule has 0 unspecified atom stereocenters. The number of hydrogen-bond acceptors (Lipinski definition) is 4. The molecule has 0 N–H and O–H groups in total. The number of hydrogen-bond donors (Lipinski definition) is 0. The second kappa shape index (κ2) is 4.57. The first kappa shape index (κ1) is 11.9. The van der Waals surface area contributed by atoms with Crippen LogP contribution in [0, 0.1) is 27.4 Å². The Bertz CT molecular complexity index is 470. The van der Waals surface area contributed by atoms with Crippen molar-refractivity contribution in [1.82, 2.24) is 4.98 Å². The van der Waals surface area contributed by atoms with Crippen LogP contribution in [-0.4, -0.2) is 9.91 Å². The van der Waals surface area contributed by atoms with Crippen LogP contribution in [0.25, 0.3) is 0 Å². The molecule has 1 aromatic heterocycles. The minimum Gasteiger partial charge on any atom is -0.358 e. The number of nitrogens with zero attached hydrogens (tertiary/aromatic N) is 3. The minimum atomic E-state index is -3.15. The molecule has 1 aromatic rings. The Morgan fingerprint density at radius 2 is 2.25 bits per heavy atom. The minimum absolute atomic E-state index is 0.386. The lowest BCUT2D eigenvalue weighted by atomic mass is 10.1. The Morgan fingerprint density at radius 3 is 2.69 bits per heavy atom. The summed E-state index contributed by atoms with van der Waals surface area (Å²) in [6.07, 6.45) is -3.62. The average Bonchev–Trinajstić information content (AvgIpc) is 2.20. The molecular weight excluding hydrogens is 227 g/mol. The molecule has 8 heteroatoms. The predicted molar refractivity (Wildman–Crippen MR) is 45.1 cm³/mol. The van der Waals surface area contributed by atoms with Crippen molar-refractivity contribution in [2.24, 2.45) is 0 Å². The predicted octanol–water partition coefficient (Wildman–Crippen LogP) is 2.13. The maximum atomic E-state index is 13.0. The van der Waals surface area contributed by atoms with Gasteiger partial charge in [0.05, 0.1) is 12.5 Å². The molecule has 0 aromatic carbocycles. The molecule has 0 atom stereocenters. The summed E-state index contributed by atoms with van der Waals surface area (Å²) in [6.45, 7) is 0. The van der Waals surface area contributed by atoms with Crippen molar-refractivity contribution in [1.29, 1.82) is 5.26 Å². The van der Waals surface area contributed by atoms with Crippen molar-refractivity contribution >= 4 is 5.82 Å². The molecule has 1 rings (SSSR count). The lowest BCUT2D eigenvalue weighted by molar-refractivity contribution is -0.391. The Kier molecular flexibility index (Phi) is 3.40. The van der Waals surface area contributed by atoms with E-state index in [1.165, 1.54) is 0 Å². The van der Waals surface area contributed by atoms with E-state index in [1.54, 1.807) is 6.07 Å². The van der Waals surface area contributed by atoms with Crippen molar-refractivity contribution in [3.63, 3.8) is 0 Å². The highest BCUT2D eigenvalue weighted by molar-refractivity contribution is 5.37. The number of nitriles is 1. The Labute approximate surface area is 87.3 Å². The zero-order valence-corrected chi connectivity index (χ0v) is 7.65. The van der Waals surface area contributed by atoms with Crippen LogP contribution in [-0.2, 0) is 6.42 Å². The maximum Gasteiger partial charge on any atom is 0.375 e. The lowest BCUT2D eigenvalue weighted by Crippen LogP contribution is -2.04. The Morgan fingerprint density at radius 1 is 1.62 bits per heavy atom. The summed E-state index contributed by atoms with van der Waals surface area (Å²) in [4.78, 5) is 11.9. The zero-order valence-electron chi connectivity index (χ0n) is 7.65. The highest BCUT2D eigenvalue weighted by Crippen LogP contribution is 2.28. The van der Waals surface area contributed by atoms with Crippen LogP contribution < -0.4 is 0 Å². The number of alkyl halides is 2. The van der Waals surface area contributed by atoms with Gasteiger partial charge in [0.2, 0.25) is 0 Å². The van der Waals surface area contributed by atoms with Crippen LogP contribution in [0.2, 0.25) is 0 Å². The summed E-state index contributed by atoms with van der Waals surface area (Å²) in [5.74, 6) is -2.51. The molecule has 0 aliphatic carbocycles. The van der Waals surface area contributed by atoms with Gasteiger partial charge in [-0.1, -0.05) is 0 Å². The first-order valence-corrected chi connectivity index (χ1v) is 3.96. The van der Waals surface area contributed by atoms with Crippen molar-refractivity contribution in [2.75, 3.05) is 0 Å². The van der Waals surface area contributed by atoms with E-state index in [2.05, 4.69) is 4.98 Å². The molecule has 0 radical (unpaired) electrons. The number of aromatic nitrogens is 1. The van der Waals surface area contributed by atoms with Gasteiger partial charge in [0.1, 0.15) is 5.56 Å². The van der Waals surface area contributed by atoms with E-state index >= 15 is 0 Å². The van der Waals surface area contributed by atoms with Crippen molar-refractivity contribution in [3.05, 3.63) is 33.3 Å². The third-order valence-corrected chi connectivity index (χ3v) is 1.73. The van der Waals surface area contributed by atoms with E-state index in [4.69, 9.17) is 5.26 Å². The smallest absolute Gasteiger partial charge is 0.358 e. The summed E-state index contributed by atoms with van der Waals surface area (Å²) in [7, 11) is 0. The van der Waals surface area contributed by atoms with E-state index in [-0.39, 0.29) is 5.56 Å². The van der Waals surface area contributed by atoms with E-state index < -0.39 is 35.1 Å². The van der Waals surface area contributed by atoms with E-state index in [9.17, 15) is 23.3 Å². The van der Waals surface area contributed by atoms with Gasteiger partial charge in [-0.3, -0.25) is 0 Å². The summed E-state index contributed by atoms with van der Waals surface area (Å²) in [6, 6.07) is 2.14. The summed E-state index contributed by atoms with van der Waals surface area (Å²) >= 11 is 0. The molecule has 1 heterocycles. The van der Waals surface area contributed by atoms with Gasteiger partial charge in [-0.2, -0.15) is 9.65 Å². The van der Waals surface area contributed by atoms with Gasteiger partial charge in [-0.05, 0) is 16.0 Å². The van der Waals surface area contributed by atoms with Crippen LogP contribution in [0.3, 0.4) is 0 Å². The molecule has 0 fully saturated rings. The summed E-state index contributed by atoms with van der Waals surface area (Å²) in [5.41, 5.74) is -1.37. The largest absolute Gasteiger partial charge is 0.375 e. The van der Waals surface area contributed by atoms with E-state index in [1.807, 2.05) is 0 Å². The number of halogens is 3. The molecule has 16 heavy (non-hydrogen) atoms. The third-order valence-electron chi connectivity index (χ3n) is 1.73. The third kappa shape index (κ3) is 2.25. The molecule has 5 nitrogen and oxygen atoms in total. The fourth-order valence-corrected chi connectivity index (χ4v) is 1.06.